The summed E-state index contributed by atoms with van der Waals surface area (Å²) < 4.78 is 7.13. The van der Waals surface area contributed by atoms with Crippen molar-refractivity contribution >= 4 is 15.9 Å². The standard InChI is InChI=1S/C15H22BrNO/c1-2-17-14-6-8-15(9-7-14)18-11-12-4-3-5-13(16)10-12/h3-5,10,14-15,17H,2,6-9,11H2,1H3. The van der Waals surface area contributed by atoms with E-state index in [9.17, 15) is 0 Å². The maximum absolute atomic E-state index is 6.00. The van der Waals surface area contributed by atoms with E-state index in [4.69, 9.17) is 4.74 Å². The van der Waals surface area contributed by atoms with Crippen molar-refractivity contribution in [2.75, 3.05) is 6.54 Å². The normalized spacial score (nSPS) is 24.1. The second kappa shape index (κ2) is 7.27. The Morgan fingerprint density at radius 1 is 1.28 bits per heavy atom. The molecule has 18 heavy (non-hydrogen) atoms. The van der Waals surface area contributed by atoms with Crippen molar-refractivity contribution in [1.29, 1.82) is 0 Å². The van der Waals surface area contributed by atoms with Crippen LogP contribution in [0.4, 0.5) is 0 Å². The highest BCUT2D eigenvalue weighted by molar-refractivity contribution is 9.10. The SMILES string of the molecule is CCNC1CCC(OCc2cccc(Br)c2)CC1. The van der Waals surface area contributed by atoms with Crippen molar-refractivity contribution < 1.29 is 4.74 Å². The summed E-state index contributed by atoms with van der Waals surface area (Å²) in [6.45, 7) is 3.99. The highest BCUT2D eigenvalue weighted by atomic mass is 79.9. The first kappa shape index (κ1) is 14.0. The lowest BCUT2D eigenvalue weighted by Crippen LogP contribution is -2.35. The fourth-order valence-electron chi connectivity index (χ4n) is 2.56. The predicted molar refractivity (Wildman–Crippen MR) is 78.7 cm³/mol. The average Bonchev–Trinajstić information content (AvgIpc) is 2.38. The summed E-state index contributed by atoms with van der Waals surface area (Å²) in [5.74, 6) is 0. The molecular formula is C15H22BrNO. The Labute approximate surface area is 118 Å². The second-order valence-electron chi connectivity index (χ2n) is 4.97. The average molecular weight is 312 g/mol. The van der Waals surface area contributed by atoms with Crippen molar-refractivity contribution in [3.63, 3.8) is 0 Å². The third-order valence-corrected chi connectivity index (χ3v) is 4.03. The Balaban J connectivity index is 1.72. The molecule has 0 saturated heterocycles. The van der Waals surface area contributed by atoms with Crippen LogP contribution in [0.3, 0.4) is 0 Å². The van der Waals surface area contributed by atoms with E-state index < -0.39 is 0 Å². The Morgan fingerprint density at radius 2 is 2.06 bits per heavy atom. The molecule has 0 radical (unpaired) electrons. The zero-order chi connectivity index (χ0) is 12.8. The van der Waals surface area contributed by atoms with E-state index in [1.54, 1.807) is 0 Å². The molecule has 0 heterocycles. The molecule has 0 aliphatic heterocycles. The summed E-state index contributed by atoms with van der Waals surface area (Å²) in [5.41, 5.74) is 1.25. The summed E-state index contributed by atoms with van der Waals surface area (Å²) in [4.78, 5) is 0. The van der Waals surface area contributed by atoms with Crippen LogP contribution < -0.4 is 5.32 Å². The van der Waals surface area contributed by atoms with Gasteiger partial charge in [0.05, 0.1) is 12.7 Å². The summed E-state index contributed by atoms with van der Waals surface area (Å²) >= 11 is 3.49. The topological polar surface area (TPSA) is 21.3 Å². The van der Waals surface area contributed by atoms with E-state index in [-0.39, 0.29) is 0 Å². The highest BCUT2D eigenvalue weighted by Gasteiger charge is 2.20. The van der Waals surface area contributed by atoms with Crippen molar-refractivity contribution in [2.45, 2.75) is 51.4 Å². The molecule has 0 bridgehead atoms. The fourth-order valence-corrected chi connectivity index (χ4v) is 3.01. The van der Waals surface area contributed by atoms with Crippen molar-refractivity contribution in [2.24, 2.45) is 0 Å². The minimum Gasteiger partial charge on any atom is -0.374 e. The first-order valence-electron chi connectivity index (χ1n) is 6.87. The zero-order valence-electron chi connectivity index (χ0n) is 11.0. The quantitative estimate of drug-likeness (QED) is 0.891. The lowest BCUT2D eigenvalue weighted by atomic mass is 9.93. The first-order valence-corrected chi connectivity index (χ1v) is 7.66. The molecule has 1 aromatic rings. The number of hydrogen-bond acceptors (Lipinski definition) is 2. The third-order valence-electron chi connectivity index (χ3n) is 3.54. The lowest BCUT2D eigenvalue weighted by molar-refractivity contribution is 0.0114. The van der Waals surface area contributed by atoms with Crippen LogP contribution >= 0.6 is 15.9 Å². The van der Waals surface area contributed by atoms with Crippen LogP contribution in [0.5, 0.6) is 0 Å². The molecule has 1 fully saturated rings. The summed E-state index contributed by atoms with van der Waals surface area (Å²) in [5, 5.41) is 3.52. The van der Waals surface area contributed by atoms with Crippen LogP contribution in [0.1, 0.15) is 38.2 Å². The monoisotopic (exact) mass is 311 g/mol. The number of hydrogen-bond donors (Lipinski definition) is 1. The van der Waals surface area contributed by atoms with Crippen LogP contribution in [0.15, 0.2) is 28.7 Å². The van der Waals surface area contributed by atoms with Crippen LogP contribution in [0.25, 0.3) is 0 Å². The number of benzene rings is 1. The van der Waals surface area contributed by atoms with Gasteiger partial charge in [-0.3, -0.25) is 0 Å². The Morgan fingerprint density at radius 3 is 2.72 bits per heavy atom. The number of halogens is 1. The molecule has 2 nitrogen and oxygen atoms in total. The molecular weight excluding hydrogens is 290 g/mol. The maximum atomic E-state index is 6.00. The smallest absolute Gasteiger partial charge is 0.0721 e. The van der Waals surface area contributed by atoms with Crippen molar-refractivity contribution in [3.8, 4) is 0 Å². The van der Waals surface area contributed by atoms with Crippen molar-refractivity contribution in [1.82, 2.24) is 5.32 Å². The summed E-state index contributed by atoms with van der Waals surface area (Å²) in [6.07, 6.45) is 5.31. The van der Waals surface area contributed by atoms with Crippen LogP contribution in [0.2, 0.25) is 0 Å². The molecule has 1 aliphatic rings. The van der Waals surface area contributed by atoms with Gasteiger partial charge < -0.3 is 10.1 Å². The molecule has 0 unspecified atom stereocenters. The molecule has 2 rings (SSSR count). The van der Waals surface area contributed by atoms with Gasteiger partial charge in [-0.2, -0.15) is 0 Å². The molecule has 0 atom stereocenters. The molecule has 1 saturated carbocycles. The molecule has 1 aromatic carbocycles. The largest absolute Gasteiger partial charge is 0.374 e. The predicted octanol–water partition coefficient (Wildman–Crippen LogP) is 3.89. The molecule has 3 heteroatoms. The first-order chi connectivity index (χ1) is 8.78. The van der Waals surface area contributed by atoms with E-state index in [2.05, 4.69) is 46.4 Å². The van der Waals surface area contributed by atoms with Gasteiger partial charge in [-0.1, -0.05) is 35.0 Å². The Kier molecular flexibility index (Phi) is 5.67. The van der Waals surface area contributed by atoms with Crippen LogP contribution in [-0.2, 0) is 11.3 Å². The maximum Gasteiger partial charge on any atom is 0.0721 e. The Bertz CT molecular complexity index is 361. The zero-order valence-corrected chi connectivity index (χ0v) is 12.6. The van der Waals surface area contributed by atoms with E-state index in [1.165, 1.54) is 31.2 Å². The molecule has 1 N–H and O–H groups in total. The lowest BCUT2D eigenvalue weighted by Gasteiger charge is -2.29. The van der Waals surface area contributed by atoms with Gasteiger partial charge in [-0.15, -0.1) is 0 Å². The van der Waals surface area contributed by atoms with E-state index in [0.717, 1.165) is 17.6 Å². The van der Waals surface area contributed by atoms with Crippen LogP contribution in [0, 0.1) is 0 Å². The van der Waals surface area contributed by atoms with Gasteiger partial charge >= 0.3 is 0 Å². The number of rotatable bonds is 5. The minimum atomic E-state index is 0.443. The van der Waals surface area contributed by atoms with Gasteiger partial charge in [0, 0.05) is 10.5 Å². The van der Waals surface area contributed by atoms with E-state index in [0.29, 0.717) is 12.1 Å². The molecule has 1 aliphatic carbocycles. The summed E-state index contributed by atoms with van der Waals surface area (Å²) in [7, 11) is 0. The molecule has 0 amide bonds. The Hall–Kier alpha value is -0.380. The molecule has 0 spiro atoms. The fraction of sp³-hybridized carbons (Fsp3) is 0.600. The number of ether oxygens (including phenoxy) is 1. The molecule has 0 aromatic heterocycles. The molecule has 100 valence electrons. The van der Waals surface area contributed by atoms with E-state index >= 15 is 0 Å². The number of nitrogens with one attached hydrogen (secondary N) is 1. The van der Waals surface area contributed by atoms with Gasteiger partial charge in [-0.05, 0) is 49.9 Å². The van der Waals surface area contributed by atoms with Gasteiger partial charge in [0.1, 0.15) is 0 Å². The van der Waals surface area contributed by atoms with Gasteiger partial charge in [0.25, 0.3) is 0 Å². The van der Waals surface area contributed by atoms with Gasteiger partial charge in [-0.25, -0.2) is 0 Å². The minimum absolute atomic E-state index is 0.443. The van der Waals surface area contributed by atoms with Crippen molar-refractivity contribution in [3.05, 3.63) is 34.3 Å². The van der Waals surface area contributed by atoms with E-state index in [1.807, 2.05) is 6.07 Å². The van der Waals surface area contributed by atoms with Crippen LogP contribution in [-0.4, -0.2) is 18.7 Å². The second-order valence-corrected chi connectivity index (χ2v) is 5.89. The third kappa shape index (κ3) is 4.38. The highest BCUT2D eigenvalue weighted by Crippen LogP contribution is 2.22. The van der Waals surface area contributed by atoms with Gasteiger partial charge in [0.2, 0.25) is 0 Å². The summed E-state index contributed by atoms with van der Waals surface area (Å²) in [6, 6.07) is 9.07. The van der Waals surface area contributed by atoms with Gasteiger partial charge in [0.15, 0.2) is 0 Å².